The number of aliphatic hydroxyl groups is 1. The molecule has 0 aliphatic rings. The molecule has 0 fully saturated rings. The maximum Gasteiger partial charge on any atom is 0.469 e. The van der Waals surface area contributed by atoms with Gasteiger partial charge in [-0.3, -0.25) is 4.52 Å². The molecule has 0 amide bonds. The molecular weight excluding hydrogens is 419 g/mol. The summed E-state index contributed by atoms with van der Waals surface area (Å²) in [6, 6.07) is 28.6. The Hall–Kier alpha value is -2.51. The minimum atomic E-state index is -4.15. The minimum Gasteiger partial charge on any atom is -0.497 e. The summed E-state index contributed by atoms with van der Waals surface area (Å²) in [5.74, 6) is 0.833. The van der Waals surface area contributed by atoms with Crippen LogP contribution in [0.5, 0.6) is 5.75 Å². The van der Waals surface area contributed by atoms with E-state index in [9.17, 15) is 4.57 Å². The molecule has 0 aliphatic carbocycles. The molecule has 0 bridgehead atoms. The van der Waals surface area contributed by atoms with Crippen LogP contribution >= 0.6 is 7.82 Å². The van der Waals surface area contributed by atoms with Crippen molar-refractivity contribution in [3.63, 3.8) is 0 Å². The first kappa shape index (κ1) is 26.5. The van der Waals surface area contributed by atoms with Gasteiger partial charge in [0.15, 0.2) is 0 Å². The van der Waals surface area contributed by atoms with Crippen LogP contribution in [0.4, 0.5) is 0 Å². The number of hydrogen-bond donors (Lipinski definition) is 3. The fourth-order valence-corrected chi connectivity index (χ4v) is 3.03. The van der Waals surface area contributed by atoms with Crippen LogP contribution in [0.3, 0.4) is 0 Å². The number of hydrogen-bond acceptors (Lipinski definition) is 5. The zero-order valence-corrected chi connectivity index (χ0v) is 18.9. The molecule has 0 unspecified atom stereocenters. The Kier molecular flexibility index (Phi) is 11.1. The summed E-state index contributed by atoms with van der Waals surface area (Å²) in [6.07, 6.45) is 0. The Balaban J connectivity index is 0.000000521. The number of aliphatic hydroxyl groups excluding tert-OH is 1. The standard InChI is InChI=1S/C21H20O2.CH5O4P.CH4O/c1-22-20-15-13-19(14-16-20)21(23-2,17-9-5-3-6-10-17)18-11-7-4-8-12-18;1-5-6(2,3)4;1-2/h3-16H,1-2H3;1H3,(H2,2,3,4);2H,1H3. The number of methoxy groups -OCH3 is 2. The fraction of sp³-hybridized carbons (Fsp3) is 0.217. The van der Waals surface area contributed by atoms with Crippen molar-refractivity contribution in [3.8, 4) is 5.75 Å². The molecule has 8 heteroatoms. The Morgan fingerprint density at radius 3 is 1.32 bits per heavy atom. The predicted molar refractivity (Wildman–Crippen MR) is 120 cm³/mol. The SMILES string of the molecule is CO.COP(=O)(O)O.COc1ccc(C(OC)(c2ccccc2)c2ccccc2)cc1. The molecule has 0 saturated carbocycles. The van der Waals surface area contributed by atoms with Gasteiger partial charge in [0.25, 0.3) is 0 Å². The van der Waals surface area contributed by atoms with Crippen molar-refractivity contribution in [1.82, 2.24) is 0 Å². The molecule has 3 aromatic rings. The van der Waals surface area contributed by atoms with Crippen molar-refractivity contribution in [3.05, 3.63) is 102 Å². The number of benzene rings is 3. The lowest BCUT2D eigenvalue weighted by Crippen LogP contribution is -2.31. The summed E-state index contributed by atoms with van der Waals surface area (Å²) in [4.78, 5) is 15.4. The number of phosphoric ester groups is 1. The number of ether oxygens (including phenoxy) is 2. The van der Waals surface area contributed by atoms with Crippen molar-refractivity contribution in [2.75, 3.05) is 28.4 Å². The van der Waals surface area contributed by atoms with Gasteiger partial charge in [-0.15, -0.1) is 0 Å². The average Bonchev–Trinajstić information content (AvgIpc) is 2.83. The first-order chi connectivity index (χ1) is 14.9. The maximum absolute atomic E-state index is 9.47. The topological polar surface area (TPSA) is 105 Å². The molecule has 3 rings (SSSR count). The van der Waals surface area contributed by atoms with E-state index in [-0.39, 0.29) is 0 Å². The second-order valence-corrected chi connectivity index (χ2v) is 7.37. The molecule has 0 aromatic heterocycles. The Labute approximate surface area is 183 Å². The highest BCUT2D eigenvalue weighted by molar-refractivity contribution is 7.46. The van der Waals surface area contributed by atoms with Crippen LogP contribution in [0.1, 0.15) is 16.7 Å². The number of phosphoric acid groups is 1. The van der Waals surface area contributed by atoms with Gasteiger partial charge in [-0.25, -0.2) is 4.57 Å². The van der Waals surface area contributed by atoms with Crippen LogP contribution < -0.4 is 4.74 Å². The molecule has 3 N–H and O–H groups in total. The van der Waals surface area contributed by atoms with Crippen molar-refractivity contribution in [2.24, 2.45) is 0 Å². The molecule has 168 valence electrons. The van der Waals surface area contributed by atoms with Crippen molar-refractivity contribution >= 4 is 7.82 Å². The lowest BCUT2D eigenvalue weighted by molar-refractivity contribution is 0.0585. The van der Waals surface area contributed by atoms with Gasteiger partial charge >= 0.3 is 7.82 Å². The van der Waals surface area contributed by atoms with Gasteiger partial charge in [0.1, 0.15) is 11.4 Å². The summed E-state index contributed by atoms with van der Waals surface area (Å²) < 4.78 is 24.5. The van der Waals surface area contributed by atoms with Crippen molar-refractivity contribution in [1.29, 1.82) is 0 Å². The van der Waals surface area contributed by atoms with Gasteiger partial charge in [-0.1, -0.05) is 72.8 Å². The van der Waals surface area contributed by atoms with Crippen LogP contribution in [0, 0.1) is 0 Å². The van der Waals surface area contributed by atoms with Crippen molar-refractivity contribution < 1.29 is 33.5 Å². The summed E-state index contributed by atoms with van der Waals surface area (Å²) in [5, 5.41) is 7.00. The Morgan fingerprint density at radius 2 is 1.03 bits per heavy atom. The zero-order valence-electron chi connectivity index (χ0n) is 18.0. The predicted octanol–water partition coefficient (Wildman–Crippen LogP) is 3.97. The zero-order chi connectivity index (χ0) is 23.3. The van der Waals surface area contributed by atoms with Gasteiger partial charge in [0.2, 0.25) is 0 Å². The largest absolute Gasteiger partial charge is 0.497 e. The van der Waals surface area contributed by atoms with E-state index in [2.05, 4.69) is 40.9 Å². The van der Waals surface area contributed by atoms with Crippen LogP contribution in [0.25, 0.3) is 0 Å². The molecule has 0 aliphatic heterocycles. The highest BCUT2D eigenvalue weighted by atomic mass is 31.2. The quantitative estimate of drug-likeness (QED) is 0.387. The van der Waals surface area contributed by atoms with Gasteiger partial charge < -0.3 is 24.4 Å². The monoisotopic (exact) mass is 448 g/mol. The van der Waals surface area contributed by atoms with Crippen molar-refractivity contribution in [2.45, 2.75) is 5.60 Å². The third kappa shape index (κ3) is 7.29. The normalized spacial score (nSPS) is 10.8. The Morgan fingerprint density at radius 1 is 0.677 bits per heavy atom. The molecule has 0 radical (unpaired) electrons. The average molecular weight is 448 g/mol. The summed E-state index contributed by atoms with van der Waals surface area (Å²) in [7, 11) is 1.23. The van der Waals surface area contributed by atoms with E-state index in [1.807, 2.05) is 48.5 Å². The van der Waals surface area contributed by atoms with Gasteiger partial charge in [0, 0.05) is 21.3 Å². The van der Waals surface area contributed by atoms with E-state index in [0.717, 1.165) is 36.7 Å². The summed E-state index contributed by atoms with van der Waals surface area (Å²) in [5.41, 5.74) is 2.62. The minimum absolute atomic E-state index is 0.644. The third-order valence-electron chi connectivity index (χ3n) is 4.40. The highest BCUT2D eigenvalue weighted by Crippen LogP contribution is 2.40. The maximum atomic E-state index is 9.47. The molecule has 3 aromatic carbocycles. The Bertz CT molecular complexity index is 870. The van der Waals surface area contributed by atoms with E-state index in [1.165, 1.54) is 0 Å². The van der Waals surface area contributed by atoms with Crippen LogP contribution in [0.2, 0.25) is 0 Å². The second kappa shape index (κ2) is 13.0. The first-order valence-electron chi connectivity index (χ1n) is 9.24. The molecule has 0 heterocycles. The molecule has 0 saturated heterocycles. The molecule has 7 nitrogen and oxygen atoms in total. The lowest BCUT2D eigenvalue weighted by Gasteiger charge is -2.34. The van der Waals surface area contributed by atoms with E-state index in [1.54, 1.807) is 14.2 Å². The number of rotatable bonds is 6. The van der Waals surface area contributed by atoms with E-state index in [0.29, 0.717) is 0 Å². The summed E-state index contributed by atoms with van der Waals surface area (Å²) >= 11 is 0. The first-order valence-corrected chi connectivity index (χ1v) is 10.8. The van der Waals surface area contributed by atoms with Crippen LogP contribution in [0.15, 0.2) is 84.9 Å². The highest BCUT2D eigenvalue weighted by Gasteiger charge is 2.36. The lowest BCUT2D eigenvalue weighted by atomic mass is 9.80. The van der Waals surface area contributed by atoms with Gasteiger partial charge in [0.05, 0.1) is 7.11 Å². The van der Waals surface area contributed by atoms with Gasteiger partial charge in [-0.05, 0) is 28.8 Å². The van der Waals surface area contributed by atoms with E-state index < -0.39 is 13.4 Å². The van der Waals surface area contributed by atoms with Crippen LogP contribution in [-0.4, -0.2) is 43.3 Å². The third-order valence-corrected chi connectivity index (χ3v) is 4.88. The second-order valence-electron chi connectivity index (χ2n) is 6.02. The smallest absolute Gasteiger partial charge is 0.469 e. The fourth-order valence-electron chi connectivity index (χ4n) is 3.03. The van der Waals surface area contributed by atoms with E-state index in [4.69, 9.17) is 24.4 Å². The van der Waals surface area contributed by atoms with Gasteiger partial charge in [-0.2, -0.15) is 0 Å². The molecule has 0 spiro atoms. The molecular formula is C23H29O7P. The van der Waals surface area contributed by atoms with E-state index >= 15 is 0 Å². The molecule has 0 atom stereocenters. The summed E-state index contributed by atoms with van der Waals surface area (Å²) in [6.45, 7) is 0. The molecule has 31 heavy (non-hydrogen) atoms. The van der Waals surface area contributed by atoms with Crippen LogP contribution in [-0.2, 0) is 19.4 Å².